The molecule has 0 saturated heterocycles. The molecule has 1 aromatic carbocycles. The number of hydrogen-bond donors (Lipinski definition) is 0. The van der Waals surface area contributed by atoms with Crippen molar-refractivity contribution >= 4 is 15.9 Å². The van der Waals surface area contributed by atoms with E-state index in [1.54, 1.807) is 6.20 Å². The summed E-state index contributed by atoms with van der Waals surface area (Å²) in [6, 6.07) is 11.3. The van der Waals surface area contributed by atoms with E-state index in [-0.39, 0.29) is 0 Å². The fourth-order valence-corrected chi connectivity index (χ4v) is 1.75. The van der Waals surface area contributed by atoms with Crippen molar-refractivity contribution in [3.63, 3.8) is 0 Å². The predicted molar refractivity (Wildman–Crippen MR) is 74.2 cm³/mol. The van der Waals surface area contributed by atoms with Gasteiger partial charge in [0.05, 0.1) is 11.1 Å². The van der Waals surface area contributed by atoms with Crippen LogP contribution in [0.2, 0.25) is 0 Å². The Bertz CT molecular complexity index is 517. The maximum atomic E-state index is 5.75. The van der Waals surface area contributed by atoms with Crippen molar-refractivity contribution in [2.24, 2.45) is 0 Å². The van der Waals surface area contributed by atoms with Gasteiger partial charge in [-0.15, -0.1) is 0 Å². The van der Waals surface area contributed by atoms with Crippen molar-refractivity contribution in [3.8, 4) is 17.4 Å². The lowest BCUT2D eigenvalue weighted by Gasteiger charge is -2.11. The molecule has 0 bridgehead atoms. The molecule has 2 aromatic rings. The zero-order chi connectivity index (χ0) is 12.8. The second kappa shape index (κ2) is 6.40. The molecule has 94 valence electrons. The zero-order valence-electron chi connectivity index (χ0n) is 10.1. The summed E-state index contributed by atoms with van der Waals surface area (Å²) in [5.41, 5.74) is 0. The quantitative estimate of drug-likeness (QED) is 0.819. The van der Waals surface area contributed by atoms with Crippen LogP contribution in [0.1, 0.15) is 13.3 Å². The lowest BCUT2D eigenvalue weighted by Crippen LogP contribution is -1.98. The van der Waals surface area contributed by atoms with E-state index < -0.39 is 0 Å². The summed E-state index contributed by atoms with van der Waals surface area (Å²) in [7, 11) is 0. The van der Waals surface area contributed by atoms with Gasteiger partial charge in [-0.05, 0) is 46.6 Å². The van der Waals surface area contributed by atoms with E-state index in [0.29, 0.717) is 18.2 Å². The molecule has 0 radical (unpaired) electrons. The number of ether oxygens (including phenoxy) is 2. The molecule has 0 saturated carbocycles. The van der Waals surface area contributed by atoms with Crippen LogP contribution in [0.5, 0.6) is 17.4 Å². The van der Waals surface area contributed by atoms with Gasteiger partial charge in [-0.1, -0.05) is 19.1 Å². The van der Waals surface area contributed by atoms with Gasteiger partial charge in [0.15, 0.2) is 11.5 Å². The first-order valence-electron chi connectivity index (χ1n) is 5.81. The van der Waals surface area contributed by atoms with E-state index in [2.05, 4.69) is 27.8 Å². The third-order valence-corrected chi connectivity index (χ3v) is 2.85. The highest BCUT2D eigenvalue weighted by Crippen LogP contribution is 2.33. The number of hydrogen-bond acceptors (Lipinski definition) is 3. The summed E-state index contributed by atoms with van der Waals surface area (Å²) in [6.45, 7) is 2.74. The number of rotatable bonds is 5. The molecule has 1 aromatic heterocycles. The van der Waals surface area contributed by atoms with Crippen molar-refractivity contribution in [1.82, 2.24) is 4.98 Å². The maximum absolute atomic E-state index is 5.75. The molecule has 4 heteroatoms. The monoisotopic (exact) mass is 307 g/mol. The summed E-state index contributed by atoms with van der Waals surface area (Å²) in [5.74, 6) is 1.94. The van der Waals surface area contributed by atoms with Crippen LogP contribution in [0.15, 0.2) is 47.1 Å². The third-order valence-electron chi connectivity index (χ3n) is 2.24. The normalized spacial score (nSPS) is 10.1. The summed E-state index contributed by atoms with van der Waals surface area (Å²) in [6.07, 6.45) is 2.65. The SMILES string of the molecule is CCCOc1ccccc1Oc1ncccc1Br. The van der Waals surface area contributed by atoms with Crippen LogP contribution in [-0.4, -0.2) is 11.6 Å². The van der Waals surface area contributed by atoms with Crippen LogP contribution in [-0.2, 0) is 0 Å². The van der Waals surface area contributed by atoms with Gasteiger partial charge in [-0.3, -0.25) is 0 Å². The fourth-order valence-electron chi connectivity index (χ4n) is 1.42. The molecule has 0 aliphatic heterocycles. The maximum Gasteiger partial charge on any atom is 0.233 e. The minimum atomic E-state index is 0.532. The van der Waals surface area contributed by atoms with E-state index in [9.17, 15) is 0 Å². The number of nitrogens with zero attached hydrogens (tertiary/aromatic N) is 1. The van der Waals surface area contributed by atoms with Crippen molar-refractivity contribution in [3.05, 3.63) is 47.1 Å². The highest BCUT2D eigenvalue weighted by Gasteiger charge is 2.08. The fraction of sp³-hybridized carbons (Fsp3) is 0.214. The molecule has 0 aliphatic carbocycles. The molecule has 0 N–H and O–H groups in total. The molecule has 0 unspecified atom stereocenters. The van der Waals surface area contributed by atoms with Crippen molar-refractivity contribution in [1.29, 1.82) is 0 Å². The van der Waals surface area contributed by atoms with Gasteiger partial charge in [0.2, 0.25) is 5.88 Å². The minimum absolute atomic E-state index is 0.532. The Morgan fingerprint density at radius 3 is 2.61 bits per heavy atom. The van der Waals surface area contributed by atoms with E-state index >= 15 is 0 Å². The molecule has 0 amide bonds. The average Bonchev–Trinajstić information content (AvgIpc) is 2.40. The van der Waals surface area contributed by atoms with E-state index in [0.717, 1.165) is 16.6 Å². The lowest BCUT2D eigenvalue weighted by atomic mass is 10.3. The largest absolute Gasteiger partial charge is 0.490 e. The Balaban J connectivity index is 2.21. The molecule has 0 fully saturated rings. The Labute approximate surface area is 115 Å². The average molecular weight is 308 g/mol. The molecule has 2 rings (SSSR count). The first-order chi connectivity index (χ1) is 8.81. The molecule has 18 heavy (non-hydrogen) atoms. The van der Waals surface area contributed by atoms with Crippen molar-refractivity contribution in [2.45, 2.75) is 13.3 Å². The summed E-state index contributed by atoms with van der Waals surface area (Å²) >= 11 is 3.40. The summed E-state index contributed by atoms with van der Waals surface area (Å²) in [4.78, 5) is 4.17. The van der Waals surface area contributed by atoms with E-state index in [1.807, 2.05) is 36.4 Å². The second-order valence-corrected chi connectivity index (χ2v) is 4.54. The standard InChI is InChI=1S/C14H14BrNO2/c1-2-10-17-12-7-3-4-8-13(12)18-14-11(15)6-5-9-16-14/h3-9H,2,10H2,1H3. The zero-order valence-corrected chi connectivity index (χ0v) is 11.7. The molecular weight excluding hydrogens is 294 g/mol. The second-order valence-electron chi connectivity index (χ2n) is 3.69. The number of benzene rings is 1. The Morgan fingerprint density at radius 1 is 1.11 bits per heavy atom. The minimum Gasteiger partial charge on any atom is -0.490 e. The molecule has 0 atom stereocenters. The predicted octanol–water partition coefficient (Wildman–Crippen LogP) is 4.43. The molecule has 0 aliphatic rings. The van der Waals surface area contributed by atoms with E-state index in [1.165, 1.54) is 0 Å². The van der Waals surface area contributed by atoms with Crippen molar-refractivity contribution < 1.29 is 9.47 Å². The van der Waals surface area contributed by atoms with Gasteiger partial charge in [0.25, 0.3) is 0 Å². The van der Waals surface area contributed by atoms with Crippen LogP contribution in [0.3, 0.4) is 0 Å². The van der Waals surface area contributed by atoms with Gasteiger partial charge in [-0.2, -0.15) is 0 Å². The van der Waals surface area contributed by atoms with Crippen LogP contribution >= 0.6 is 15.9 Å². The molecule has 1 heterocycles. The van der Waals surface area contributed by atoms with Crippen molar-refractivity contribution in [2.75, 3.05) is 6.61 Å². The Hall–Kier alpha value is -1.55. The first-order valence-corrected chi connectivity index (χ1v) is 6.60. The van der Waals surface area contributed by atoms with E-state index in [4.69, 9.17) is 9.47 Å². The van der Waals surface area contributed by atoms with Gasteiger partial charge < -0.3 is 9.47 Å². The van der Waals surface area contributed by atoms with Crippen LogP contribution < -0.4 is 9.47 Å². The van der Waals surface area contributed by atoms with Crippen LogP contribution in [0, 0.1) is 0 Å². The van der Waals surface area contributed by atoms with Gasteiger partial charge >= 0.3 is 0 Å². The number of para-hydroxylation sites is 2. The topological polar surface area (TPSA) is 31.4 Å². The highest BCUT2D eigenvalue weighted by atomic mass is 79.9. The molecule has 3 nitrogen and oxygen atoms in total. The Morgan fingerprint density at radius 2 is 1.89 bits per heavy atom. The van der Waals surface area contributed by atoms with Crippen LogP contribution in [0.25, 0.3) is 0 Å². The van der Waals surface area contributed by atoms with Gasteiger partial charge in [0.1, 0.15) is 0 Å². The lowest BCUT2D eigenvalue weighted by molar-refractivity contribution is 0.300. The summed E-state index contributed by atoms with van der Waals surface area (Å²) < 4.78 is 12.2. The third kappa shape index (κ3) is 3.23. The van der Waals surface area contributed by atoms with Crippen LogP contribution in [0.4, 0.5) is 0 Å². The van der Waals surface area contributed by atoms with Gasteiger partial charge in [0, 0.05) is 6.20 Å². The van der Waals surface area contributed by atoms with Gasteiger partial charge in [-0.25, -0.2) is 4.98 Å². The Kier molecular flexibility index (Phi) is 4.59. The molecular formula is C14H14BrNO2. The number of aromatic nitrogens is 1. The highest BCUT2D eigenvalue weighted by molar-refractivity contribution is 9.10. The molecule has 0 spiro atoms. The number of halogens is 1. The first kappa shape index (κ1) is 12.9. The summed E-state index contributed by atoms with van der Waals surface area (Å²) in [5, 5.41) is 0. The smallest absolute Gasteiger partial charge is 0.233 e. The number of pyridine rings is 1.